The van der Waals surface area contributed by atoms with Crippen LogP contribution in [0.15, 0.2) is 108 Å². The maximum atomic E-state index is 6.29. The largest absolute Gasteiger partial charge is 0.494 e. The van der Waals surface area contributed by atoms with Crippen molar-refractivity contribution in [2.24, 2.45) is 0 Å². The van der Waals surface area contributed by atoms with E-state index < -0.39 is 0 Å². The predicted molar refractivity (Wildman–Crippen MR) is 158 cm³/mol. The quantitative estimate of drug-likeness (QED) is 0.231. The molecule has 1 aliphatic rings. The van der Waals surface area contributed by atoms with E-state index in [9.17, 15) is 0 Å². The Morgan fingerprint density at radius 3 is 1.97 bits per heavy atom. The molecular formula is C34H29BO3. The van der Waals surface area contributed by atoms with Crippen LogP contribution in [0.25, 0.3) is 55.0 Å². The normalized spacial score (nSPS) is 16.6. The van der Waals surface area contributed by atoms with Gasteiger partial charge in [0.25, 0.3) is 0 Å². The highest BCUT2D eigenvalue weighted by Crippen LogP contribution is 2.39. The maximum absolute atomic E-state index is 6.29. The number of hydrogen-bond donors (Lipinski definition) is 0. The average molecular weight is 496 g/mol. The Labute approximate surface area is 223 Å². The first-order valence-corrected chi connectivity index (χ1v) is 13.2. The van der Waals surface area contributed by atoms with Crippen LogP contribution in [0.1, 0.15) is 27.7 Å². The molecule has 0 bridgehead atoms. The highest BCUT2D eigenvalue weighted by Gasteiger charge is 2.51. The van der Waals surface area contributed by atoms with Gasteiger partial charge in [0, 0.05) is 10.8 Å². The highest BCUT2D eigenvalue weighted by atomic mass is 16.7. The van der Waals surface area contributed by atoms with E-state index in [0.29, 0.717) is 0 Å². The third kappa shape index (κ3) is 3.67. The Morgan fingerprint density at radius 2 is 1.18 bits per heavy atom. The first-order chi connectivity index (χ1) is 18.3. The van der Waals surface area contributed by atoms with Crippen molar-refractivity contribution in [3.05, 3.63) is 103 Å². The number of fused-ring (bicyclic) bond motifs is 4. The van der Waals surface area contributed by atoms with Gasteiger partial charge in [-0.3, -0.25) is 0 Å². The van der Waals surface area contributed by atoms with Crippen molar-refractivity contribution >= 4 is 45.3 Å². The second-order valence-electron chi connectivity index (χ2n) is 11.3. The molecular weight excluding hydrogens is 467 g/mol. The van der Waals surface area contributed by atoms with E-state index in [1.165, 1.54) is 32.8 Å². The van der Waals surface area contributed by atoms with Crippen LogP contribution < -0.4 is 5.46 Å². The van der Waals surface area contributed by atoms with Crippen LogP contribution in [0.2, 0.25) is 0 Å². The van der Waals surface area contributed by atoms with E-state index in [2.05, 4.69) is 113 Å². The Balaban J connectivity index is 1.25. The number of furan rings is 1. The topological polar surface area (TPSA) is 31.6 Å². The van der Waals surface area contributed by atoms with E-state index in [-0.39, 0.29) is 18.3 Å². The lowest BCUT2D eigenvalue weighted by Crippen LogP contribution is -2.41. The van der Waals surface area contributed by atoms with Gasteiger partial charge in [0.1, 0.15) is 11.2 Å². The lowest BCUT2D eigenvalue weighted by atomic mass is 9.78. The van der Waals surface area contributed by atoms with Gasteiger partial charge in [0.05, 0.1) is 11.2 Å². The first kappa shape index (κ1) is 23.3. The van der Waals surface area contributed by atoms with Gasteiger partial charge >= 0.3 is 7.12 Å². The van der Waals surface area contributed by atoms with Gasteiger partial charge in [-0.05, 0) is 90.4 Å². The predicted octanol–water partition coefficient (Wildman–Crippen LogP) is 8.37. The van der Waals surface area contributed by atoms with Gasteiger partial charge < -0.3 is 13.7 Å². The summed E-state index contributed by atoms with van der Waals surface area (Å²) in [5, 5.41) is 4.73. The molecule has 7 rings (SSSR count). The molecule has 38 heavy (non-hydrogen) atoms. The molecule has 0 radical (unpaired) electrons. The summed E-state index contributed by atoms with van der Waals surface area (Å²) < 4.78 is 18.7. The summed E-state index contributed by atoms with van der Waals surface area (Å²) in [4.78, 5) is 0. The molecule has 0 aliphatic carbocycles. The fourth-order valence-electron chi connectivity index (χ4n) is 5.45. The molecule has 2 heterocycles. The minimum Gasteiger partial charge on any atom is -0.456 e. The van der Waals surface area contributed by atoms with Crippen LogP contribution in [0.3, 0.4) is 0 Å². The Hall–Kier alpha value is -3.86. The third-order valence-electron chi connectivity index (χ3n) is 8.30. The fourth-order valence-corrected chi connectivity index (χ4v) is 5.45. The van der Waals surface area contributed by atoms with Gasteiger partial charge in [0.15, 0.2) is 0 Å². The van der Waals surface area contributed by atoms with E-state index in [4.69, 9.17) is 13.7 Å². The van der Waals surface area contributed by atoms with Gasteiger partial charge in [-0.1, -0.05) is 78.9 Å². The summed E-state index contributed by atoms with van der Waals surface area (Å²) in [5.41, 5.74) is 6.85. The molecule has 1 aliphatic heterocycles. The number of para-hydroxylation sites is 1. The van der Waals surface area contributed by atoms with Crippen molar-refractivity contribution in [3.63, 3.8) is 0 Å². The minimum atomic E-state index is -0.371. The van der Waals surface area contributed by atoms with Crippen molar-refractivity contribution in [3.8, 4) is 22.3 Å². The summed E-state index contributed by atoms with van der Waals surface area (Å²) in [6.07, 6.45) is 0. The highest BCUT2D eigenvalue weighted by molar-refractivity contribution is 6.62. The second kappa shape index (κ2) is 8.32. The lowest BCUT2D eigenvalue weighted by Gasteiger charge is -2.32. The van der Waals surface area contributed by atoms with Crippen LogP contribution in [0.5, 0.6) is 0 Å². The van der Waals surface area contributed by atoms with Crippen LogP contribution in [-0.2, 0) is 9.31 Å². The number of benzene rings is 5. The van der Waals surface area contributed by atoms with Crippen molar-refractivity contribution in [1.82, 2.24) is 0 Å². The summed E-state index contributed by atoms with van der Waals surface area (Å²) in [5.74, 6) is 0. The molecule has 0 atom stereocenters. The van der Waals surface area contributed by atoms with Gasteiger partial charge in [-0.25, -0.2) is 0 Å². The van der Waals surface area contributed by atoms with Crippen LogP contribution in [0.4, 0.5) is 0 Å². The zero-order chi connectivity index (χ0) is 26.1. The number of hydrogen-bond acceptors (Lipinski definition) is 3. The molecule has 186 valence electrons. The molecule has 1 aromatic heterocycles. The van der Waals surface area contributed by atoms with Gasteiger partial charge in [-0.15, -0.1) is 0 Å². The van der Waals surface area contributed by atoms with Crippen LogP contribution >= 0.6 is 0 Å². The lowest BCUT2D eigenvalue weighted by molar-refractivity contribution is 0.00578. The SMILES string of the molecule is CC1(C)OB(c2cccc(-c3ccc4cc(-c5cccc6oc7ccccc7c56)ccc4c3)c2)OC1(C)C. The van der Waals surface area contributed by atoms with Crippen molar-refractivity contribution in [2.45, 2.75) is 38.9 Å². The van der Waals surface area contributed by atoms with Crippen LogP contribution in [0, 0.1) is 0 Å². The van der Waals surface area contributed by atoms with Crippen molar-refractivity contribution in [2.75, 3.05) is 0 Å². The second-order valence-corrected chi connectivity index (χ2v) is 11.3. The molecule has 1 saturated heterocycles. The van der Waals surface area contributed by atoms with Crippen LogP contribution in [-0.4, -0.2) is 18.3 Å². The molecule has 0 amide bonds. The molecule has 0 spiro atoms. The molecule has 1 fully saturated rings. The Bertz CT molecular complexity index is 1830. The average Bonchev–Trinajstić information content (AvgIpc) is 3.41. The molecule has 0 saturated carbocycles. The standard InChI is InChI=1S/C34H29BO3/c1-33(2)34(3,4)38-35(37-33)27-10-7-9-22(21-27)23-15-16-25-20-26(18-17-24(25)19-23)28-12-8-14-31-32(28)29-11-5-6-13-30(29)36-31/h5-21H,1-4H3. The van der Waals surface area contributed by atoms with Crippen molar-refractivity contribution in [1.29, 1.82) is 0 Å². The summed E-state index contributed by atoms with van der Waals surface area (Å²) in [7, 11) is -0.371. The first-order valence-electron chi connectivity index (χ1n) is 13.2. The number of rotatable bonds is 3. The fraction of sp³-hybridized carbons (Fsp3) is 0.176. The summed E-state index contributed by atoms with van der Waals surface area (Å²) >= 11 is 0. The van der Waals surface area contributed by atoms with E-state index in [0.717, 1.165) is 27.6 Å². The zero-order valence-corrected chi connectivity index (χ0v) is 22.1. The monoisotopic (exact) mass is 496 g/mol. The molecule has 0 N–H and O–H groups in total. The molecule has 6 aromatic rings. The maximum Gasteiger partial charge on any atom is 0.494 e. The minimum absolute atomic E-state index is 0.360. The summed E-state index contributed by atoms with van der Waals surface area (Å²) in [6, 6.07) is 36.4. The molecule has 0 unspecified atom stereocenters. The van der Waals surface area contributed by atoms with Gasteiger partial charge in [-0.2, -0.15) is 0 Å². The third-order valence-corrected chi connectivity index (χ3v) is 8.30. The van der Waals surface area contributed by atoms with E-state index >= 15 is 0 Å². The molecule has 5 aromatic carbocycles. The summed E-state index contributed by atoms with van der Waals surface area (Å²) in [6.45, 7) is 8.35. The zero-order valence-electron chi connectivity index (χ0n) is 22.1. The smallest absolute Gasteiger partial charge is 0.456 e. The van der Waals surface area contributed by atoms with Crippen molar-refractivity contribution < 1.29 is 13.7 Å². The molecule has 4 heteroatoms. The van der Waals surface area contributed by atoms with E-state index in [1.54, 1.807) is 0 Å². The molecule has 3 nitrogen and oxygen atoms in total. The Kier molecular flexibility index (Phi) is 5.10. The van der Waals surface area contributed by atoms with Gasteiger partial charge in [0.2, 0.25) is 0 Å². The van der Waals surface area contributed by atoms with E-state index in [1.807, 2.05) is 18.2 Å². The Morgan fingerprint density at radius 1 is 0.553 bits per heavy atom.